The number of hydrogen-bond donors (Lipinski definition) is 0. The second kappa shape index (κ2) is 7.70. The molecule has 6 heteroatoms. The minimum absolute atomic E-state index is 0.0915. The number of hydrogen-bond acceptors (Lipinski definition) is 4. The van der Waals surface area contributed by atoms with E-state index in [1.807, 2.05) is 30.3 Å². The largest absolute Gasteiger partial charge is 0.444 e. The Morgan fingerprint density at radius 1 is 1.24 bits per heavy atom. The number of carbonyl (C=O) groups is 2. The van der Waals surface area contributed by atoms with Crippen molar-refractivity contribution in [2.24, 2.45) is 0 Å². The van der Waals surface area contributed by atoms with Gasteiger partial charge in [0.25, 0.3) is 0 Å². The maximum absolute atomic E-state index is 12.4. The van der Waals surface area contributed by atoms with Crippen LogP contribution in [0.5, 0.6) is 0 Å². The summed E-state index contributed by atoms with van der Waals surface area (Å²) >= 11 is 0. The van der Waals surface area contributed by atoms with Gasteiger partial charge in [-0.15, -0.1) is 0 Å². The van der Waals surface area contributed by atoms with Gasteiger partial charge in [0, 0.05) is 6.42 Å². The predicted molar refractivity (Wildman–Crippen MR) is 99.6 cm³/mol. The highest BCUT2D eigenvalue weighted by Gasteiger charge is 2.41. The molecule has 25 heavy (non-hydrogen) atoms. The molecular weight excluding hydrogens is 334 g/mol. The van der Waals surface area contributed by atoms with Crippen LogP contribution in [0, 0.1) is 0 Å². The molecule has 0 saturated carbocycles. The summed E-state index contributed by atoms with van der Waals surface area (Å²) in [6.07, 6.45) is 0.426. The van der Waals surface area contributed by atoms with Crippen molar-refractivity contribution in [3.05, 3.63) is 35.9 Å². The first-order valence-electron chi connectivity index (χ1n) is 8.78. The van der Waals surface area contributed by atoms with Crippen LogP contribution in [0.1, 0.15) is 39.2 Å². The SMILES string of the molecule is CC(C)(C)[Si](C)(C)OCC1CCC(=O)N1C(=O)OCc1ccccc1. The fourth-order valence-corrected chi connectivity index (χ4v) is 3.50. The molecule has 1 aromatic rings. The standard InChI is InChI=1S/C19H29NO4Si/c1-19(2,3)25(4,5)24-14-16-11-12-17(21)20(16)18(22)23-13-15-9-7-6-8-10-15/h6-10,16H,11-14H2,1-5H3. The third-order valence-corrected chi connectivity index (χ3v) is 9.67. The molecule has 1 atom stereocenters. The van der Waals surface area contributed by atoms with E-state index in [1.54, 1.807) is 0 Å². The molecule has 0 aliphatic carbocycles. The quantitative estimate of drug-likeness (QED) is 0.730. The average Bonchev–Trinajstić information content (AvgIpc) is 2.91. The van der Waals surface area contributed by atoms with Crippen LogP contribution in [0.25, 0.3) is 0 Å². The molecule has 1 fully saturated rings. The maximum atomic E-state index is 12.4. The van der Waals surface area contributed by atoms with Crippen LogP contribution in [-0.4, -0.2) is 37.9 Å². The monoisotopic (exact) mass is 363 g/mol. The van der Waals surface area contributed by atoms with Gasteiger partial charge in [0.05, 0.1) is 12.6 Å². The third-order valence-electron chi connectivity index (χ3n) is 5.17. The number of imide groups is 1. The van der Waals surface area contributed by atoms with Crippen LogP contribution in [0.3, 0.4) is 0 Å². The van der Waals surface area contributed by atoms with Gasteiger partial charge in [-0.25, -0.2) is 9.69 Å². The van der Waals surface area contributed by atoms with Gasteiger partial charge < -0.3 is 9.16 Å². The molecule has 2 rings (SSSR count). The molecule has 5 nitrogen and oxygen atoms in total. The van der Waals surface area contributed by atoms with Crippen LogP contribution in [-0.2, 0) is 20.6 Å². The fraction of sp³-hybridized carbons (Fsp3) is 0.579. The van der Waals surface area contributed by atoms with Gasteiger partial charge in [-0.05, 0) is 30.1 Å². The van der Waals surface area contributed by atoms with Gasteiger partial charge in [0.2, 0.25) is 5.91 Å². The first-order chi connectivity index (χ1) is 11.6. The Hall–Kier alpha value is -1.66. The minimum atomic E-state index is -1.92. The number of likely N-dealkylation sites (tertiary alicyclic amines) is 1. The van der Waals surface area contributed by atoms with Crippen molar-refractivity contribution >= 4 is 20.3 Å². The summed E-state index contributed by atoms with van der Waals surface area (Å²) < 4.78 is 11.5. The maximum Gasteiger partial charge on any atom is 0.417 e. The molecule has 1 heterocycles. The molecule has 0 bridgehead atoms. The lowest BCUT2D eigenvalue weighted by molar-refractivity contribution is -0.127. The number of benzene rings is 1. The minimum Gasteiger partial charge on any atom is -0.444 e. The number of ether oxygens (including phenoxy) is 1. The van der Waals surface area contributed by atoms with Crippen molar-refractivity contribution in [3.8, 4) is 0 Å². The van der Waals surface area contributed by atoms with Crippen LogP contribution < -0.4 is 0 Å². The van der Waals surface area contributed by atoms with Gasteiger partial charge in [-0.2, -0.15) is 0 Å². The molecule has 1 aromatic carbocycles. The van der Waals surface area contributed by atoms with Crippen molar-refractivity contribution in [1.82, 2.24) is 4.90 Å². The van der Waals surface area contributed by atoms with Crippen LogP contribution in [0.15, 0.2) is 30.3 Å². The van der Waals surface area contributed by atoms with E-state index in [9.17, 15) is 9.59 Å². The van der Waals surface area contributed by atoms with Crippen LogP contribution >= 0.6 is 0 Å². The summed E-state index contributed by atoms with van der Waals surface area (Å²) in [5.41, 5.74) is 0.900. The molecule has 0 radical (unpaired) electrons. The Labute approximate surface area is 151 Å². The lowest BCUT2D eigenvalue weighted by atomic mass is 10.2. The molecule has 0 N–H and O–H groups in total. The summed E-state index contributed by atoms with van der Waals surface area (Å²) in [5.74, 6) is -0.179. The van der Waals surface area contributed by atoms with Crippen molar-refractivity contribution < 1.29 is 18.8 Å². The number of rotatable bonds is 5. The lowest BCUT2D eigenvalue weighted by Gasteiger charge is -2.37. The first kappa shape index (κ1) is 19.7. The van der Waals surface area contributed by atoms with E-state index in [0.29, 0.717) is 19.4 Å². The molecule has 1 aliphatic rings. The van der Waals surface area contributed by atoms with Crippen molar-refractivity contribution in [1.29, 1.82) is 0 Å². The van der Waals surface area contributed by atoms with Crippen molar-refractivity contribution in [3.63, 3.8) is 0 Å². The number of amides is 2. The molecule has 138 valence electrons. The number of nitrogens with zero attached hydrogens (tertiary/aromatic N) is 1. The van der Waals surface area contributed by atoms with Gasteiger partial charge in [0.1, 0.15) is 6.61 Å². The molecule has 0 spiro atoms. The smallest absolute Gasteiger partial charge is 0.417 e. The van der Waals surface area contributed by atoms with Gasteiger partial charge in [0.15, 0.2) is 8.32 Å². The summed E-state index contributed by atoms with van der Waals surface area (Å²) in [5, 5.41) is 0.0915. The van der Waals surface area contributed by atoms with Gasteiger partial charge in [-0.1, -0.05) is 51.1 Å². The van der Waals surface area contributed by atoms with Gasteiger partial charge in [-0.3, -0.25) is 4.79 Å². The molecular formula is C19H29NO4Si. The van der Waals surface area contributed by atoms with E-state index in [0.717, 1.165) is 5.56 Å². The lowest BCUT2D eigenvalue weighted by Crippen LogP contribution is -2.47. The first-order valence-corrected chi connectivity index (χ1v) is 11.7. The highest BCUT2D eigenvalue weighted by Crippen LogP contribution is 2.37. The second-order valence-electron chi connectivity index (χ2n) is 8.07. The van der Waals surface area contributed by atoms with E-state index in [4.69, 9.17) is 9.16 Å². The Balaban J connectivity index is 1.95. The molecule has 1 saturated heterocycles. The zero-order valence-corrected chi connectivity index (χ0v) is 16.9. The van der Waals surface area contributed by atoms with E-state index in [1.165, 1.54) is 4.90 Å². The normalized spacial score (nSPS) is 18.5. The van der Waals surface area contributed by atoms with Crippen molar-refractivity contribution in [2.75, 3.05) is 6.61 Å². The molecule has 1 aliphatic heterocycles. The fourth-order valence-electron chi connectivity index (χ4n) is 2.46. The van der Waals surface area contributed by atoms with E-state index < -0.39 is 14.4 Å². The van der Waals surface area contributed by atoms with Crippen LogP contribution in [0.2, 0.25) is 18.1 Å². The summed E-state index contributed by atoms with van der Waals surface area (Å²) in [6, 6.07) is 9.22. The highest BCUT2D eigenvalue weighted by molar-refractivity contribution is 6.74. The van der Waals surface area contributed by atoms with E-state index in [-0.39, 0.29) is 23.6 Å². The second-order valence-corrected chi connectivity index (χ2v) is 12.9. The van der Waals surface area contributed by atoms with E-state index >= 15 is 0 Å². The molecule has 1 unspecified atom stereocenters. The van der Waals surface area contributed by atoms with Gasteiger partial charge >= 0.3 is 6.09 Å². The predicted octanol–water partition coefficient (Wildman–Crippen LogP) is 4.34. The van der Waals surface area contributed by atoms with E-state index in [2.05, 4.69) is 33.9 Å². The molecule has 0 aromatic heterocycles. The third kappa shape index (κ3) is 4.92. The Morgan fingerprint density at radius 2 is 1.88 bits per heavy atom. The summed E-state index contributed by atoms with van der Waals surface area (Å²) in [4.78, 5) is 25.8. The Morgan fingerprint density at radius 3 is 2.48 bits per heavy atom. The van der Waals surface area contributed by atoms with Crippen molar-refractivity contribution in [2.45, 2.75) is 64.4 Å². The number of carbonyl (C=O) groups excluding carboxylic acids is 2. The molecule has 2 amide bonds. The Kier molecular flexibility index (Phi) is 6.06. The summed E-state index contributed by atoms with van der Waals surface area (Å²) in [7, 11) is -1.92. The Bertz CT molecular complexity index is 610. The zero-order chi connectivity index (χ0) is 18.7. The topological polar surface area (TPSA) is 55.8 Å². The summed E-state index contributed by atoms with van der Waals surface area (Å²) in [6.45, 7) is 11.4. The highest BCUT2D eigenvalue weighted by atomic mass is 28.4. The average molecular weight is 364 g/mol. The van der Waals surface area contributed by atoms with Crippen LogP contribution in [0.4, 0.5) is 4.79 Å². The zero-order valence-electron chi connectivity index (χ0n) is 15.9.